The molecule has 2 heterocycles. The van der Waals surface area contributed by atoms with Gasteiger partial charge in [0.15, 0.2) is 0 Å². The lowest BCUT2D eigenvalue weighted by atomic mass is 9.86. The second-order valence-corrected chi connectivity index (χ2v) is 12.0. The van der Waals surface area contributed by atoms with Crippen LogP contribution in [0, 0.1) is 0 Å². The summed E-state index contributed by atoms with van der Waals surface area (Å²) in [6, 6.07) is 10.8. The van der Waals surface area contributed by atoms with E-state index in [4.69, 9.17) is 16.3 Å². The summed E-state index contributed by atoms with van der Waals surface area (Å²) in [6.07, 6.45) is -1.13. The second kappa shape index (κ2) is 11.6. The van der Waals surface area contributed by atoms with Crippen LogP contribution in [0.2, 0.25) is 5.02 Å². The molecule has 0 radical (unpaired) electrons. The molecule has 0 saturated carbocycles. The molecule has 1 atom stereocenters. The van der Waals surface area contributed by atoms with Crippen LogP contribution in [-0.2, 0) is 11.6 Å². The Balaban J connectivity index is 1.55. The number of carbonyl (C=O) groups is 2. The standard InChI is InChI=1S/C31H32ClF3N4O4/c1-30(2)18-27(23-17-22(43-29(41)42)5-6-24(23)30)39(21-10-14-38(15-11-21)20-8-12-36-13-9-20)28(40)37(3)26-7-4-19(32)16-25(26)31(33,34)35/h4-9,12-13,16-17,21,27H,10-11,14-15,18H2,1-3H3,(H,41,42). The Morgan fingerprint density at radius 2 is 1.74 bits per heavy atom. The molecule has 8 nitrogen and oxygen atoms in total. The smallest absolute Gasteiger partial charge is 0.449 e. The highest BCUT2D eigenvalue weighted by Gasteiger charge is 2.46. The van der Waals surface area contributed by atoms with Crippen LogP contribution < -0.4 is 14.5 Å². The first-order valence-electron chi connectivity index (χ1n) is 13.9. The van der Waals surface area contributed by atoms with Gasteiger partial charge >= 0.3 is 18.4 Å². The fraction of sp³-hybridized carbons (Fsp3) is 0.387. The predicted octanol–water partition coefficient (Wildman–Crippen LogP) is 7.76. The summed E-state index contributed by atoms with van der Waals surface area (Å²) in [4.78, 5) is 34.7. The topological polar surface area (TPSA) is 86.2 Å². The number of urea groups is 1. The van der Waals surface area contributed by atoms with Gasteiger partial charge in [0.25, 0.3) is 0 Å². The lowest BCUT2D eigenvalue weighted by Crippen LogP contribution is -2.52. The highest BCUT2D eigenvalue weighted by Crippen LogP contribution is 2.50. The maximum atomic E-state index is 14.4. The van der Waals surface area contributed by atoms with E-state index in [2.05, 4.69) is 9.88 Å². The van der Waals surface area contributed by atoms with Gasteiger partial charge in [0.2, 0.25) is 0 Å². The molecular weight excluding hydrogens is 585 g/mol. The SMILES string of the molecule is CN(C(=O)N(C1CCN(c2ccncc2)CC1)C1CC(C)(C)c2ccc(OC(=O)O)cc21)c1ccc(Cl)cc1C(F)(F)F. The number of fused-ring (bicyclic) bond motifs is 1. The van der Waals surface area contributed by atoms with E-state index in [1.807, 2.05) is 26.0 Å². The van der Waals surface area contributed by atoms with Crippen molar-refractivity contribution >= 4 is 35.2 Å². The molecule has 12 heteroatoms. The number of pyridine rings is 1. The average Bonchev–Trinajstić information content (AvgIpc) is 3.22. The fourth-order valence-corrected chi connectivity index (χ4v) is 6.53. The number of carbonyl (C=O) groups excluding carboxylic acids is 1. The molecule has 3 aromatic rings. The van der Waals surface area contributed by atoms with Crippen molar-refractivity contribution in [3.63, 3.8) is 0 Å². The molecule has 1 aliphatic heterocycles. The largest absolute Gasteiger partial charge is 0.511 e. The van der Waals surface area contributed by atoms with Gasteiger partial charge in [-0.3, -0.25) is 9.88 Å². The van der Waals surface area contributed by atoms with E-state index >= 15 is 0 Å². The molecule has 1 aliphatic carbocycles. The molecule has 228 valence electrons. The van der Waals surface area contributed by atoms with Gasteiger partial charge in [0, 0.05) is 49.3 Å². The van der Waals surface area contributed by atoms with Gasteiger partial charge in [0.1, 0.15) is 5.75 Å². The summed E-state index contributed by atoms with van der Waals surface area (Å²) in [6.45, 7) is 5.32. The van der Waals surface area contributed by atoms with E-state index in [1.165, 1.54) is 19.2 Å². The van der Waals surface area contributed by atoms with Crippen molar-refractivity contribution in [2.45, 2.75) is 56.8 Å². The summed E-state index contributed by atoms with van der Waals surface area (Å²) >= 11 is 5.92. The van der Waals surface area contributed by atoms with Crippen LogP contribution in [-0.4, -0.2) is 53.4 Å². The number of piperidine rings is 1. The van der Waals surface area contributed by atoms with Crippen molar-refractivity contribution in [1.82, 2.24) is 9.88 Å². The van der Waals surface area contributed by atoms with Crippen LogP contribution in [0.5, 0.6) is 5.75 Å². The Morgan fingerprint density at radius 3 is 2.37 bits per heavy atom. The molecule has 43 heavy (non-hydrogen) atoms. The monoisotopic (exact) mass is 616 g/mol. The van der Waals surface area contributed by atoms with Gasteiger partial charge in [-0.2, -0.15) is 13.2 Å². The molecule has 1 aromatic heterocycles. The predicted molar refractivity (Wildman–Crippen MR) is 157 cm³/mol. The number of aromatic nitrogens is 1. The zero-order valence-corrected chi connectivity index (χ0v) is 24.7. The zero-order valence-electron chi connectivity index (χ0n) is 23.9. The number of hydrogen-bond donors (Lipinski definition) is 1. The summed E-state index contributed by atoms with van der Waals surface area (Å²) in [5, 5.41) is 9.12. The Morgan fingerprint density at radius 1 is 1.07 bits per heavy atom. The minimum atomic E-state index is -4.74. The van der Waals surface area contributed by atoms with E-state index < -0.39 is 35.4 Å². The van der Waals surface area contributed by atoms with E-state index in [9.17, 15) is 27.9 Å². The van der Waals surface area contributed by atoms with Gasteiger partial charge in [0.05, 0.1) is 17.3 Å². The Bertz CT molecular complexity index is 1510. The third-order valence-corrected chi connectivity index (χ3v) is 8.61. The number of benzene rings is 2. The fourth-order valence-electron chi connectivity index (χ4n) is 6.35. The van der Waals surface area contributed by atoms with Crippen LogP contribution in [0.1, 0.15) is 55.8 Å². The number of hydrogen-bond acceptors (Lipinski definition) is 5. The van der Waals surface area contributed by atoms with Crippen LogP contribution in [0.25, 0.3) is 0 Å². The first-order valence-corrected chi connectivity index (χ1v) is 14.3. The van der Waals surface area contributed by atoms with Crippen LogP contribution in [0.15, 0.2) is 60.9 Å². The average molecular weight is 617 g/mol. The Kier molecular flexibility index (Phi) is 8.22. The van der Waals surface area contributed by atoms with Crippen LogP contribution >= 0.6 is 11.6 Å². The van der Waals surface area contributed by atoms with Crippen molar-refractivity contribution in [2.24, 2.45) is 0 Å². The van der Waals surface area contributed by atoms with Gasteiger partial charge in [-0.1, -0.05) is 31.5 Å². The number of rotatable bonds is 5. The van der Waals surface area contributed by atoms with E-state index in [0.717, 1.165) is 22.2 Å². The van der Waals surface area contributed by atoms with E-state index in [1.54, 1.807) is 35.5 Å². The maximum absolute atomic E-state index is 14.4. The first kappa shape index (κ1) is 30.5. The van der Waals surface area contributed by atoms with E-state index in [0.29, 0.717) is 37.9 Å². The summed E-state index contributed by atoms with van der Waals surface area (Å²) in [5.41, 5.74) is 0.937. The number of alkyl halides is 3. The molecule has 2 amide bonds. The number of anilines is 2. The molecule has 2 aliphatic rings. The quantitative estimate of drug-likeness (QED) is 0.233. The molecule has 0 bridgehead atoms. The second-order valence-electron chi connectivity index (χ2n) is 11.6. The number of amides is 2. The van der Waals surface area contributed by atoms with Crippen molar-refractivity contribution in [2.75, 3.05) is 29.9 Å². The molecule has 0 spiro atoms. The Hall–Kier alpha value is -3.99. The van der Waals surface area contributed by atoms with Crippen molar-refractivity contribution in [1.29, 1.82) is 0 Å². The first-order chi connectivity index (χ1) is 20.3. The maximum Gasteiger partial charge on any atom is 0.511 e. The number of nitrogens with zero attached hydrogens (tertiary/aromatic N) is 4. The van der Waals surface area contributed by atoms with Crippen LogP contribution in [0.4, 0.5) is 34.1 Å². The van der Waals surface area contributed by atoms with Crippen molar-refractivity contribution < 1.29 is 32.6 Å². The highest BCUT2D eigenvalue weighted by molar-refractivity contribution is 6.30. The van der Waals surface area contributed by atoms with Gasteiger partial charge < -0.3 is 19.6 Å². The molecule has 1 fully saturated rings. The van der Waals surface area contributed by atoms with Crippen LogP contribution in [0.3, 0.4) is 0 Å². The summed E-state index contributed by atoms with van der Waals surface area (Å²) in [5.74, 6) is 0.110. The highest BCUT2D eigenvalue weighted by atomic mass is 35.5. The van der Waals surface area contributed by atoms with Gasteiger partial charge in [-0.25, -0.2) is 9.59 Å². The molecule has 1 saturated heterocycles. The number of halogens is 4. The third-order valence-electron chi connectivity index (χ3n) is 8.37. The molecule has 2 aromatic carbocycles. The lowest BCUT2D eigenvalue weighted by Gasteiger charge is -2.44. The normalized spacial score (nSPS) is 18.2. The minimum Gasteiger partial charge on any atom is -0.449 e. The van der Waals surface area contributed by atoms with Crippen molar-refractivity contribution in [3.05, 3.63) is 82.6 Å². The molecule has 1 N–H and O–H groups in total. The Labute approximate surface area is 252 Å². The molecular formula is C31H32ClF3N4O4. The minimum absolute atomic E-state index is 0.0882. The number of carboxylic acid groups (broad SMARTS) is 1. The lowest BCUT2D eigenvalue weighted by molar-refractivity contribution is -0.137. The zero-order chi connectivity index (χ0) is 31.1. The van der Waals surface area contributed by atoms with E-state index in [-0.39, 0.29) is 22.5 Å². The summed E-state index contributed by atoms with van der Waals surface area (Å²) < 4.78 is 47.2. The van der Waals surface area contributed by atoms with Crippen molar-refractivity contribution in [3.8, 4) is 5.75 Å². The van der Waals surface area contributed by atoms with Gasteiger partial charge in [-0.05, 0) is 78.3 Å². The summed E-state index contributed by atoms with van der Waals surface area (Å²) in [7, 11) is 1.34. The van der Waals surface area contributed by atoms with Gasteiger partial charge in [-0.15, -0.1) is 0 Å². The third kappa shape index (κ3) is 6.22. The molecule has 1 unspecified atom stereocenters. The number of ether oxygens (including phenoxy) is 1. The molecule has 5 rings (SSSR count).